The number of amides is 1. The Kier molecular flexibility index (Phi) is 4.82. The highest BCUT2D eigenvalue weighted by atomic mass is 32.2. The van der Waals surface area contributed by atoms with Crippen molar-refractivity contribution in [3.63, 3.8) is 0 Å². The lowest BCUT2D eigenvalue weighted by atomic mass is 10.1. The molecule has 1 atom stereocenters. The summed E-state index contributed by atoms with van der Waals surface area (Å²) in [6.07, 6.45) is 0. The summed E-state index contributed by atoms with van der Waals surface area (Å²) in [6.45, 7) is 5.41. The smallest absolute Gasteiger partial charge is 0.254 e. The second kappa shape index (κ2) is 5.84. The summed E-state index contributed by atoms with van der Waals surface area (Å²) in [7, 11) is -4.37. The molecular weight excluding hydrogens is 290 g/mol. The van der Waals surface area contributed by atoms with Crippen molar-refractivity contribution >= 4 is 15.9 Å². The van der Waals surface area contributed by atoms with Crippen LogP contribution >= 0.6 is 0 Å². The minimum absolute atomic E-state index is 0.0974. The quantitative estimate of drug-likeness (QED) is 0.881. The Morgan fingerprint density at radius 2 is 1.75 bits per heavy atom. The molecule has 0 spiro atoms. The van der Waals surface area contributed by atoms with Crippen molar-refractivity contribution in [2.45, 2.75) is 31.7 Å². The lowest BCUT2D eigenvalue weighted by molar-refractivity contribution is 0.0926. The van der Waals surface area contributed by atoms with Crippen LogP contribution in [-0.2, 0) is 10.0 Å². The zero-order valence-electron chi connectivity index (χ0n) is 11.3. The highest BCUT2D eigenvalue weighted by Crippen LogP contribution is 2.18. The third-order valence-electron chi connectivity index (χ3n) is 2.93. The van der Waals surface area contributed by atoms with Crippen molar-refractivity contribution in [3.8, 4) is 0 Å². The van der Waals surface area contributed by atoms with Crippen LogP contribution in [0.2, 0.25) is 0 Å². The van der Waals surface area contributed by atoms with Crippen molar-refractivity contribution in [1.82, 2.24) is 5.32 Å². The summed E-state index contributed by atoms with van der Waals surface area (Å²) in [6, 6.07) is 0.668. The third-order valence-corrected chi connectivity index (χ3v) is 3.86. The maximum Gasteiger partial charge on any atom is 0.254 e. The number of nitrogens with one attached hydrogen (secondary N) is 1. The van der Waals surface area contributed by atoms with E-state index in [-0.39, 0.29) is 12.0 Å². The van der Waals surface area contributed by atoms with Gasteiger partial charge in [-0.25, -0.2) is 22.3 Å². The van der Waals surface area contributed by atoms with Gasteiger partial charge in [0.25, 0.3) is 5.91 Å². The number of carbonyl (C=O) groups excluding carboxylic acids is 1. The van der Waals surface area contributed by atoms with Crippen LogP contribution in [0.25, 0.3) is 0 Å². The summed E-state index contributed by atoms with van der Waals surface area (Å²) in [5, 5.41) is 7.30. The molecule has 8 heteroatoms. The Bertz CT molecular complexity index is 630. The predicted molar refractivity (Wildman–Crippen MR) is 69.5 cm³/mol. The van der Waals surface area contributed by atoms with Gasteiger partial charge in [-0.2, -0.15) is 0 Å². The highest BCUT2D eigenvalue weighted by Gasteiger charge is 2.22. The second-order valence-corrected chi connectivity index (χ2v) is 6.34. The van der Waals surface area contributed by atoms with Crippen LogP contribution in [0, 0.1) is 17.6 Å². The van der Waals surface area contributed by atoms with E-state index in [0.29, 0.717) is 12.1 Å². The second-order valence-electron chi connectivity index (χ2n) is 4.81. The zero-order chi connectivity index (χ0) is 15.7. The molecule has 3 N–H and O–H groups in total. The number of nitrogens with two attached hydrogens (primary N) is 1. The molecule has 20 heavy (non-hydrogen) atoms. The predicted octanol–water partition coefficient (Wildman–Crippen LogP) is 1.39. The fourth-order valence-corrected chi connectivity index (χ4v) is 1.99. The topological polar surface area (TPSA) is 89.3 Å². The van der Waals surface area contributed by atoms with Crippen LogP contribution in [0.15, 0.2) is 17.0 Å². The largest absolute Gasteiger partial charge is 0.349 e. The van der Waals surface area contributed by atoms with Gasteiger partial charge in [0.2, 0.25) is 10.0 Å². The molecule has 0 aliphatic rings. The molecule has 112 valence electrons. The van der Waals surface area contributed by atoms with Gasteiger partial charge in [0.1, 0.15) is 16.5 Å². The first-order chi connectivity index (χ1) is 9.04. The van der Waals surface area contributed by atoms with E-state index in [2.05, 4.69) is 5.32 Å². The molecule has 1 aromatic carbocycles. The van der Waals surface area contributed by atoms with E-state index in [1.54, 1.807) is 6.92 Å². The van der Waals surface area contributed by atoms with Crippen LogP contribution < -0.4 is 10.5 Å². The summed E-state index contributed by atoms with van der Waals surface area (Å²) in [5.74, 6) is -3.21. The van der Waals surface area contributed by atoms with Gasteiger partial charge < -0.3 is 5.32 Å². The molecule has 0 saturated carbocycles. The summed E-state index contributed by atoms with van der Waals surface area (Å²) in [4.78, 5) is 10.9. The lowest BCUT2D eigenvalue weighted by Gasteiger charge is -2.17. The zero-order valence-corrected chi connectivity index (χ0v) is 12.1. The molecule has 0 aliphatic carbocycles. The Hall–Kier alpha value is -1.54. The molecule has 1 rings (SSSR count). The number of rotatable bonds is 4. The first kappa shape index (κ1) is 16.5. The average Bonchev–Trinajstić information content (AvgIpc) is 2.26. The molecule has 0 aliphatic heterocycles. The molecule has 0 heterocycles. The standard InChI is InChI=1S/C12H16F2N2O3S/c1-6(2)7(3)16-12(17)8-4-11(20(15,18)19)10(14)5-9(8)13/h4-7H,1-3H3,(H,16,17)(H2,15,18,19). The molecule has 1 unspecified atom stereocenters. The van der Waals surface area contributed by atoms with Crippen molar-refractivity contribution in [2.75, 3.05) is 0 Å². The highest BCUT2D eigenvalue weighted by molar-refractivity contribution is 7.89. The number of benzene rings is 1. The number of primary sulfonamides is 1. The van der Waals surface area contributed by atoms with Crippen LogP contribution in [0.4, 0.5) is 8.78 Å². The van der Waals surface area contributed by atoms with E-state index in [1.807, 2.05) is 13.8 Å². The van der Waals surface area contributed by atoms with Gasteiger partial charge >= 0.3 is 0 Å². The van der Waals surface area contributed by atoms with Crippen molar-refractivity contribution < 1.29 is 22.0 Å². The molecule has 0 aromatic heterocycles. The van der Waals surface area contributed by atoms with Crippen LogP contribution in [0.5, 0.6) is 0 Å². The molecule has 1 amide bonds. The Morgan fingerprint density at radius 1 is 1.20 bits per heavy atom. The SMILES string of the molecule is CC(C)C(C)NC(=O)c1cc(S(N)(=O)=O)c(F)cc1F. The fourth-order valence-electron chi connectivity index (χ4n) is 1.37. The molecule has 0 bridgehead atoms. The Labute approximate surface area is 116 Å². The van der Waals surface area contributed by atoms with E-state index < -0.39 is 38.0 Å². The van der Waals surface area contributed by atoms with Crippen LogP contribution in [0.1, 0.15) is 31.1 Å². The number of hydrogen-bond acceptors (Lipinski definition) is 3. The molecule has 5 nitrogen and oxygen atoms in total. The van der Waals surface area contributed by atoms with E-state index in [0.717, 1.165) is 0 Å². The van der Waals surface area contributed by atoms with Gasteiger partial charge in [-0.1, -0.05) is 13.8 Å². The number of hydrogen-bond donors (Lipinski definition) is 2. The average molecular weight is 306 g/mol. The number of halogens is 2. The summed E-state index contributed by atoms with van der Waals surface area (Å²) >= 11 is 0. The van der Waals surface area contributed by atoms with Gasteiger partial charge in [-0.3, -0.25) is 4.79 Å². The van der Waals surface area contributed by atoms with Gasteiger partial charge in [-0.15, -0.1) is 0 Å². The van der Waals surface area contributed by atoms with Crippen molar-refractivity contribution in [2.24, 2.45) is 11.1 Å². The lowest BCUT2D eigenvalue weighted by Crippen LogP contribution is -2.36. The molecule has 0 saturated heterocycles. The first-order valence-corrected chi connectivity index (χ1v) is 7.41. The van der Waals surface area contributed by atoms with Crippen molar-refractivity contribution in [3.05, 3.63) is 29.3 Å². The summed E-state index contributed by atoms with van der Waals surface area (Å²) in [5.41, 5.74) is -0.567. The minimum Gasteiger partial charge on any atom is -0.349 e. The number of carbonyl (C=O) groups is 1. The summed E-state index contributed by atoms with van der Waals surface area (Å²) < 4.78 is 49.2. The third kappa shape index (κ3) is 3.73. The Morgan fingerprint density at radius 3 is 2.20 bits per heavy atom. The van der Waals surface area contributed by atoms with Gasteiger partial charge in [0, 0.05) is 12.1 Å². The van der Waals surface area contributed by atoms with Gasteiger partial charge in [-0.05, 0) is 18.9 Å². The molecular formula is C12H16F2N2O3S. The van der Waals surface area contributed by atoms with E-state index in [9.17, 15) is 22.0 Å². The minimum atomic E-state index is -4.37. The van der Waals surface area contributed by atoms with Gasteiger partial charge in [0.05, 0.1) is 5.56 Å². The van der Waals surface area contributed by atoms with Crippen LogP contribution in [-0.4, -0.2) is 20.4 Å². The molecule has 1 aromatic rings. The van der Waals surface area contributed by atoms with Crippen LogP contribution in [0.3, 0.4) is 0 Å². The normalized spacial score (nSPS) is 13.3. The van der Waals surface area contributed by atoms with E-state index >= 15 is 0 Å². The first-order valence-electron chi connectivity index (χ1n) is 5.86. The molecule has 0 fully saturated rings. The van der Waals surface area contributed by atoms with Crippen molar-refractivity contribution in [1.29, 1.82) is 0 Å². The monoisotopic (exact) mass is 306 g/mol. The van der Waals surface area contributed by atoms with E-state index in [4.69, 9.17) is 5.14 Å². The van der Waals surface area contributed by atoms with Gasteiger partial charge in [0.15, 0.2) is 0 Å². The maximum atomic E-state index is 13.6. The van der Waals surface area contributed by atoms with E-state index in [1.165, 1.54) is 0 Å². The Balaban J connectivity index is 3.22. The number of sulfonamides is 1. The maximum absolute atomic E-state index is 13.6. The molecule has 0 radical (unpaired) electrons. The fraction of sp³-hybridized carbons (Fsp3) is 0.417.